The van der Waals surface area contributed by atoms with Gasteiger partial charge in [0.05, 0.1) is 0 Å². The molecule has 6 heteroatoms. The van der Waals surface area contributed by atoms with Crippen molar-refractivity contribution < 1.29 is 24.2 Å². The molecule has 1 rings (SSSR count). The maximum atomic E-state index is 10.8. The number of carboxylic acids is 1. The summed E-state index contributed by atoms with van der Waals surface area (Å²) in [5.41, 5.74) is 0.430. The molecule has 1 atom stereocenters. The number of carboxylic acid groups (broad SMARTS) is 1. The highest BCUT2D eigenvalue weighted by Gasteiger charge is 2.19. The van der Waals surface area contributed by atoms with Crippen molar-refractivity contribution in [3.63, 3.8) is 0 Å². The van der Waals surface area contributed by atoms with Gasteiger partial charge in [-0.1, -0.05) is 12.1 Å². The largest absolute Gasteiger partial charge is 0.491 e. The summed E-state index contributed by atoms with van der Waals surface area (Å²) in [7, 11) is 0. The first-order valence-electron chi connectivity index (χ1n) is 5.21. The van der Waals surface area contributed by atoms with E-state index < -0.39 is 17.9 Å². The fourth-order valence-corrected chi connectivity index (χ4v) is 1.28. The predicted octanol–water partition coefficient (Wildman–Crippen LogP) is 0.467. The molecule has 6 nitrogen and oxygen atoms in total. The standard InChI is InChI=1S/C12H13NO5/c1-8(15)13-11(12(16)17)7-18-10-4-2-3-9(5-10)6-14/h2-6,11H,7H2,1H3,(H,13,15)(H,16,17). The topological polar surface area (TPSA) is 92.7 Å². The van der Waals surface area contributed by atoms with Crippen molar-refractivity contribution >= 4 is 18.2 Å². The summed E-state index contributed by atoms with van der Waals surface area (Å²) >= 11 is 0. The zero-order valence-electron chi connectivity index (χ0n) is 9.75. The smallest absolute Gasteiger partial charge is 0.329 e. The summed E-state index contributed by atoms with van der Waals surface area (Å²) in [4.78, 5) is 32.2. The number of carbonyl (C=O) groups excluding carboxylic acids is 2. The van der Waals surface area contributed by atoms with Crippen molar-refractivity contribution in [1.82, 2.24) is 5.32 Å². The number of hydrogen-bond acceptors (Lipinski definition) is 4. The van der Waals surface area contributed by atoms with Crippen LogP contribution in [0.25, 0.3) is 0 Å². The van der Waals surface area contributed by atoms with Crippen LogP contribution in [0.5, 0.6) is 5.75 Å². The van der Waals surface area contributed by atoms with Gasteiger partial charge in [0.1, 0.15) is 18.6 Å². The molecule has 96 valence electrons. The lowest BCUT2D eigenvalue weighted by molar-refractivity contribution is -0.142. The van der Waals surface area contributed by atoms with E-state index in [1.807, 2.05) is 0 Å². The van der Waals surface area contributed by atoms with Gasteiger partial charge in [0.2, 0.25) is 5.91 Å². The van der Waals surface area contributed by atoms with E-state index in [1.165, 1.54) is 13.0 Å². The minimum atomic E-state index is -1.18. The maximum Gasteiger partial charge on any atom is 0.329 e. The average molecular weight is 251 g/mol. The van der Waals surface area contributed by atoms with Crippen LogP contribution in [-0.2, 0) is 9.59 Å². The van der Waals surface area contributed by atoms with Gasteiger partial charge in [0.25, 0.3) is 0 Å². The molecule has 2 N–H and O–H groups in total. The Morgan fingerprint density at radius 3 is 2.78 bits per heavy atom. The van der Waals surface area contributed by atoms with E-state index in [2.05, 4.69) is 5.32 Å². The van der Waals surface area contributed by atoms with E-state index in [4.69, 9.17) is 9.84 Å². The van der Waals surface area contributed by atoms with Crippen LogP contribution in [0, 0.1) is 0 Å². The molecule has 0 spiro atoms. The van der Waals surface area contributed by atoms with E-state index in [-0.39, 0.29) is 6.61 Å². The highest BCUT2D eigenvalue weighted by Crippen LogP contribution is 2.12. The zero-order chi connectivity index (χ0) is 13.5. The number of ether oxygens (including phenoxy) is 1. The fourth-order valence-electron chi connectivity index (χ4n) is 1.28. The Morgan fingerprint density at radius 2 is 2.22 bits per heavy atom. The van der Waals surface area contributed by atoms with Gasteiger partial charge in [-0.2, -0.15) is 0 Å². The summed E-state index contributed by atoms with van der Waals surface area (Å²) in [6.07, 6.45) is 0.662. The number of hydrogen-bond donors (Lipinski definition) is 2. The first-order valence-corrected chi connectivity index (χ1v) is 5.21. The first kappa shape index (κ1) is 13.7. The molecule has 0 aliphatic carbocycles. The van der Waals surface area contributed by atoms with Crippen LogP contribution < -0.4 is 10.1 Å². The van der Waals surface area contributed by atoms with Gasteiger partial charge in [-0.15, -0.1) is 0 Å². The molecular formula is C12H13NO5. The second kappa shape index (κ2) is 6.39. The lowest BCUT2D eigenvalue weighted by Crippen LogP contribution is -2.43. The zero-order valence-corrected chi connectivity index (χ0v) is 9.75. The third kappa shape index (κ3) is 4.25. The lowest BCUT2D eigenvalue weighted by atomic mass is 10.2. The Labute approximate surface area is 104 Å². The monoisotopic (exact) mass is 251 g/mol. The normalized spacial score (nSPS) is 11.4. The number of nitrogens with one attached hydrogen (secondary N) is 1. The highest BCUT2D eigenvalue weighted by atomic mass is 16.5. The molecular weight excluding hydrogens is 238 g/mol. The van der Waals surface area contributed by atoms with Crippen molar-refractivity contribution in [3.05, 3.63) is 29.8 Å². The van der Waals surface area contributed by atoms with Crippen LogP contribution >= 0.6 is 0 Å². The molecule has 0 aliphatic heterocycles. The molecule has 0 aromatic heterocycles. The number of rotatable bonds is 6. The summed E-state index contributed by atoms with van der Waals surface area (Å²) in [5, 5.41) is 11.1. The molecule has 0 bridgehead atoms. The molecule has 1 amide bonds. The molecule has 0 saturated carbocycles. The molecule has 1 unspecified atom stereocenters. The Balaban J connectivity index is 2.63. The maximum absolute atomic E-state index is 10.8. The van der Waals surface area contributed by atoms with Crippen LogP contribution in [0.4, 0.5) is 0 Å². The van der Waals surface area contributed by atoms with Crippen molar-refractivity contribution in [2.75, 3.05) is 6.61 Å². The Hall–Kier alpha value is -2.37. The van der Waals surface area contributed by atoms with E-state index in [1.54, 1.807) is 18.2 Å². The number of amides is 1. The lowest BCUT2D eigenvalue weighted by Gasteiger charge is -2.14. The molecule has 1 aromatic rings. The fraction of sp³-hybridized carbons (Fsp3) is 0.250. The molecule has 18 heavy (non-hydrogen) atoms. The number of aliphatic carboxylic acids is 1. The van der Waals surface area contributed by atoms with Crippen LogP contribution in [0.3, 0.4) is 0 Å². The minimum Gasteiger partial charge on any atom is -0.491 e. The summed E-state index contributed by atoms with van der Waals surface area (Å²) < 4.78 is 5.22. The van der Waals surface area contributed by atoms with Gasteiger partial charge in [-0.05, 0) is 12.1 Å². The van der Waals surface area contributed by atoms with Gasteiger partial charge in [0.15, 0.2) is 6.04 Å². The van der Waals surface area contributed by atoms with Crippen LogP contribution in [0.15, 0.2) is 24.3 Å². The first-order chi connectivity index (χ1) is 8.52. The van der Waals surface area contributed by atoms with E-state index >= 15 is 0 Å². The predicted molar refractivity (Wildman–Crippen MR) is 62.6 cm³/mol. The molecule has 0 heterocycles. The van der Waals surface area contributed by atoms with Gasteiger partial charge >= 0.3 is 5.97 Å². The Morgan fingerprint density at radius 1 is 1.50 bits per heavy atom. The van der Waals surface area contributed by atoms with E-state index in [9.17, 15) is 14.4 Å². The van der Waals surface area contributed by atoms with Crippen molar-refractivity contribution in [1.29, 1.82) is 0 Å². The van der Waals surface area contributed by atoms with Gasteiger partial charge in [-0.3, -0.25) is 9.59 Å². The molecule has 0 aliphatic rings. The van der Waals surface area contributed by atoms with Crippen LogP contribution in [0.1, 0.15) is 17.3 Å². The average Bonchev–Trinajstić information content (AvgIpc) is 2.34. The summed E-state index contributed by atoms with van der Waals surface area (Å²) in [5.74, 6) is -1.26. The van der Waals surface area contributed by atoms with Crippen molar-refractivity contribution in [2.24, 2.45) is 0 Å². The van der Waals surface area contributed by atoms with E-state index in [0.29, 0.717) is 17.6 Å². The number of carbonyl (C=O) groups is 3. The quantitative estimate of drug-likeness (QED) is 0.717. The van der Waals surface area contributed by atoms with Crippen LogP contribution in [0.2, 0.25) is 0 Å². The van der Waals surface area contributed by atoms with Crippen LogP contribution in [-0.4, -0.2) is 35.9 Å². The van der Waals surface area contributed by atoms with Gasteiger partial charge in [0, 0.05) is 12.5 Å². The van der Waals surface area contributed by atoms with Gasteiger partial charge in [-0.25, -0.2) is 4.79 Å². The van der Waals surface area contributed by atoms with Crippen molar-refractivity contribution in [2.45, 2.75) is 13.0 Å². The minimum absolute atomic E-state index is 0.211. The van der Waals surface area contributed by atoms with E-state index in [0.717, 1.165) is 0 Å². The number of benzene rings is 1. The third-order valence-corrected chi connectivity index (χ3v) is 2.09. The SMILES string of the molecule is CC(=O)NC(COc1cccc(C=O)c1)C(=O)O. The summed E-state index contributed by atoms with van der Waals surface area (Å²) in [6, 6.07) is 5.18. The Kier molecular flexibility index (Phi) is 4.86. The summed E-state index contributed by atoms with van der Waals surface area (Å²) in [6.45, 7) is 1.01. The van der Waals surface area contributed by atoms with Gasteiger partial charge < -0.3 is 15.2 Å². The Bertz CT molecular complexity index is 458. The highest BCUT2D eigenvalue weighted by molar-refractivity contribution is 5.82. The molecule has 0 fully saturated rings. The third-order valence-electron chi connectivity index (χ3n) is 2.09. The molecule has 0 radical (unpaired) electrons. The second-order valence-electron chi connectivity index (χ2n) is 3.59. The second-order valence-corrected chi connectivity index (χ2v) is 3.59. The molecule has 1 aromatic carbocycles. The van der Waals surface area contributed by atoms with Crippen molar-refractivity contribution in [3.8, 4) is 5.75 Å². The molecule has 0 saturated heterocycles. The number of aldehydes is 1.